The summed E-state index contributed by atoms with van der Waals surface area (Å²) in [5, 5.41) is 7.93. The summed E-state index contributed by atoms with van der Waals surface area (Å²) in [6.45, 7) is -0.578. The molecule has 13 heteroatoms. The Morgan fingerprint density at radius 2 is 1.98 bits per heavy atom. The molecule has 6 rings (SSSR count). The molecule has 1 aliphatic rings. The number of benzene rings is 2. The maximum atomic E-state index is 14.7. The van der Waals surface area contributed by atoms with Crippen LogP contribution in [0.5, 0.6) is 0 Å². The molecular formula is C29H27F4N7O2. The molecule has 1 amide bonds. The van der Waals surface area contributed by atoms with Crippen LogP contribution in [0, 0.1) is 0 Å². The monoisotopic (exact) mass is 581 g/mol. The van der Waals surface area contributed by atoms with Crippen LogP contribution in [0.1, 0.15) is 22.7 Å². The van der Waals surface area contributed by atoms with Crippen molar-refractivity contribution < 1.29 is 26.9 Å². The number of hydrogen-bond acceptors (Lipinski definition) is 6. The van der Waals surface area contributed by atoms with Crippen molar-refractivity contribution >= 4 is 39.1 Å². The first-order chi connectivity index (χ1) is 20.1. The lowest BCUT2D eigenvalue weighted by Gasteiger charge is -2.26. The summed E-state index contributed by atoms with van der Waals surface area (Å²) in [7, 11) is 3.73. The van der Waals surface area contributed by atoms with Crippen molar-refractivity contribution in [1.29, 1.82) is 0 Å². The van der Waals surface area contributed by atoms with Crippen molar-refractivity contribution in [3.8, 4) is 11.5 Å². The number of nitrogens with zero attached hydrogens (tertiary/aromatic N) is 6. The summed E-state index contributed by atoms with van der Waals surface area (Å²) < 4.78 is 63.9. The molecule has 0 radical (unpaired) electrons. The highest BCUT2D eigenvalue weighted by Crippen LogP contribution is 2.36. The van der Waals surface area contributed by atoms with Crippen LogP contribution in [0.15, 0.2) is 64.2 Å². The van der Waals surface area contributed by atoms with Crippen LogP contribution < -0.4 is 5.32 Å². The Bertz CT molecular complexity index is 1820. The van der Waals surface area contributed by atoms with Gasteiger partial charge in [0.05, 0.1) is 29.2 Å². The molecule has 0 unspecified atom stereocenters. The van der Waals surface area contributed by atoms with Crippen molar-refractivity contribution in [2.24, 2.45) is 12.0 Å². The minimum absolute atomic E-state index is 0.0232. The first-order valence-electron chi connectivity index (χ1n) is 13.3. The first-order valence-corrected chi connectivity index (χ1v) is 13.3. The molecule has 0 bridgehead atoms. The number of rotatable bonds is 6. The molecule has 1 saturated heterocycles. The molecule has 1 atom stereocenters. The van der Waals surface area contributed by atoms with Crippen molar-refractivity contribution in [3.63, 3.8) is 0 Å². The largest absolute Gasteiger partial charge is 0.406 e. The maximum Gasteiger partial charge on any atom is 0.406 e. The van der Waals surface area contributed by atoms with Crippen LogP contribution in [0.4, 0.5) is 23.2 Å². The van der Waals surface area contributed by atoms with E-state index in [1.807, 2.05) is 41.9 Å². The van der Waals surface area contributed by atoms with Gasteiger partial charge in [0.2, 0.25) is 11.7 Å². The van der Waals surface area contributed by atoms with Gasteiger partial charge >= 0.3 is 6.18 Å². The summed E-state index contributed by atoms with van der Waals surface area (Å²) in [6.07, 6.45) is -3.49. The summed E-state index contributed by atoms with van der Waals surface area (Å²) in [6, 6.07) is 13.5. The number of nitrogens with one attached hydrogen (secondary N) is 1. The van der Waals surface area contributed by atoms with E-state index in [4.69, 9.17) is 4.52 Å². The number of amides is 1. The van der Waals surface area contributed by atoms with Gasteiger partial charge in [-0.25, -0.2) is 4.39 Å². The standard InChI is InChI=1S/C29H27F4N7O2/c1-38-10-9-22(20(30)15-38)35-21-4-3-5-24-19(21)13-25(40(24)16-29(31,32)33)27-36-26(42-37-27)14-34-28(41)18-6-7-23-17(12-18)8-11-39(23)2/h3-8,11-13,20H,9-10,14-16H2,1-2H3,(H,34,41)/t20-/m0/s1. The number of aryl methyl sites for hydroxylation is 1. The zero-order valence-electron chi connectivity index (χ0n) is 22.8. The van der Waals surface area contributed by atoms with Gasteiger partial charge in [-0.1, -0.05) is 11.2 Å². The van der Waals surface area contributed by atoms with Gasteiger partial charge in [-0.15, -0.1) is 0 Å². The fourth-order valence-corrected chi connectivity index (χ4v) is 5.23. The number of piperidine rings is 1. The third-order valence-electron chi connectivity index (χ3n) is 7.35. The van der Waals surface area contributed by atoms with Gasteiger partial charge in [0, 0.05) is 54.6 Å². The minimum Gasteiger partial charge on any atom is -0.351 e. The van der Waals surface area contributed by atoms with Gasteiger partial charge in [0.15, 0.2) is 6.17 Å². The van der Waals surface area contributed by atoms with Crippen molar-refractivity contribution in [1.82, 2.24) is 29.5 Å². The van der Waals surface area contributed by atoms with E-state index in [-0.39, 0.29) is 41.9 Å². The molecule has 9 nitrogen and oxygen atoms in total. The number of alkyl halides is 4. The Labute approximate surface area is 237 Å². The van der Waals surface area contributed by atoms with Gasteiger partial charge in [0.1, 0.15) is 6.54 Å². The third kappa shape index (κ3) is 5.51. The number of halogens is 4. The highest BCUT2D eigenvalue weighted by molar-refractivity contribution is 6.00. The van der Waals surface area contributed by atoms with Crippen molar-refractivity contribution in [2.45, 2.75) is 31.9 Å². The van der Waals surface area contributed by atoms with Crippen LogP contribution in [-0.2, 0) is 20.1 Å². The third-order valence-corrected chi connectivity index (χ3v) is 7.35. The Morgan fingerprint density at radius 1 is 1.14 bits per heavy atom. The number of aromatic nitrogens is 4. The number of likely N-dealkylation sites (tertiary alicyclic amines) is 1. The number of hydrogen-bond donors (Lipinski definition) is 1. The van der Waals surface area contributed by atoms with E-state index in [9.17, 15) is 22.4 Å². The zero-order valence-corrected chi connectivity index (χ0v) is 22.8. The van der Waals surface area contributed by atoms with E-state index < -0.39 is 18.9 Å². The molecule has 42 heavy (non-hydrogen) atoms. The summed E-state index contributed by atoms with van der Waals surface area (Å²) in [5.74, 6) is -0.419. The molecule has 218 valence electrons. The highest BCUT2D eigenvalue weighted by atomic mass is 19.4. The average molecular weight is 582 g/mol. The number of aliphatic imine (C=N–C) groups is 1. The second-order valence-corrected chi connectivity index (χ2v) is 10.4. The lowest BCUT2D eigenvalue weighted by molar-refractivity contribution is -0.139. The number of fused-ring (bicyclic) bond motifs is 2. The molecule has 2 aromatic carbocycles. The average Bonchev–Trinajstić information content (AvgIpc) is 3.66. The summed E-state index contributed by atoms with van der Waals surface area (Å²) >= 11 is 0. The van der Waals surface area contributed by atoms with Gasteiger partial charge in [-0.05, 0) is 49.5 Å². The van der Waals surface area contributed by atoms with Crippen molar-refractivity contribution in [2.75, 3.05) is 20.1 Å². The normalized spacial score (nSPS) is 17.5. The fraction of sp³-hybridized carbons (Fsp3) is 0.310. The van der Waals surface area contributed by atoms with E-state index in [1.165, 1.54) is 6.07 Å². The first kappa shape index (κ1) is 27.6. The fourth-order valence-electron chi connectivity index (χ4n) is 5.23. The minimum atomic E-state index is -4.54. The van der Waals surface area contributed by atoms with Crippen LogP contribution in [0.25, 0.3) is 33.3 Å². The molecule has 4 heterocycles. The van der Waals surface area contributed by atoms with Crippen LogP contribution in [0.3, 0.4) is 0 Å². The highest BCUT2D eigenvalue weighted by Gasteiger charge is 2.31. The SMILES string of the molecule is CN1CCC(=Nc2cccc3c2cc(-c2noc(CNC(=O)c4ccc5c(ccn5C)c4)n2)n3CC(F)(F)F)[C@@H](F)C1. The molecule has 0 aliphatic carbocycles. The lowest BCUT2D eigenvalue weighted by atomic mass is 10.1. The molecule has 3 aromatic heterocycles. The molecular weight excluding hydrogens is 554 g/mol. The molecule has 1 fully saturated rings. The summed E-state index contributed by atoms with van der Waals surface area (Å²) in [4.78, 5) is 23.4. The molecule has 1 N–H and O–H groups in total. The Morgan fingerprint density at radius 3 is 2.76 bits per heavy atom. The molecule has 0 spiro atoms. The van der Waals surface area contributed by atoms with Gasteiger partial charge in [-0.3, -0.25) is 9.79 Å². The predicted molar refractivity (Wildman–Crippen MR) is 149 cm³/mol. The van der Waals surface area contributed by atoms with Crippen LogP contribution >= 0.6 is 0 Å². The number of carbonyl (C=O) groups is 1. The second-order valence-electron chi connectivity index (χ2n) is 10.4. The van der Waals surface area contributed by atoms with Gasteiger partial charge < -0.3 is 23.9 Å². The molecule has 5 aromatic rings. The van der Waals surface area contributed by atoms with E-state index in [1.54, 1.807) is 30.3 Å². The Balaban J connectivity index is 1.28. The lowest BCUT2D eigenvalue weighted by Crippen LogP contribution is -2.39. The Hall–Kier alpha value is -4.52. The molecule has 1 aliphatic heterocycles. The summed E-state index contributed by atoms with van der Waals surface area (Å²) in [5.41, 5.74) is 2.45. The van der Waals surface area contributed by atoms with E-state index >= 15 is 0 Å². The van der Waals surface area contributed by atoms with Gasteiger partial charge in [0.25, 0.3) is 5.91 Å². The second kappa shape index (κ2) is 10.7. The number of carbonyl (C=O) groups excluding carboxylic acids is 1. The van der Waals surface area contributed by atoms with Crippen molar-refractivity contribution in [3.05, 3.63) is 66.2 Å². The van der Waals surface area contributed by atoms with E-state index in [0.717, 1.165) is 15.5 Å². The Kier molecular flexibility index (Phi) is 7.05. The van der Waals surface area contributed by atoms with Crippen LogP contribution in [-0.4, -0.2) is 68.3 Å². The van der Waals surface area contributed by atoms with E-state index in [2.05, 4.69) is 20.4 Å². The maximum absolute atomic E-state index is 14.7. The van der Waals surface area contributed by atoms with Crippen LogP contribution in [0.2, 0.25) is 0 Å². The van der Waals surface area contributed by atoms with E-state index in [0.29, 0.717) is 35.3 Å². The van der Waals surface area contributed by atoms with Gasteiger partial charge in [-0.2, -0.15) is 18.2 Å². The zero-order chi connectivity index (χ0) is 29.6. The molecule has 0 saturated carbocycles. The quantitative estimate of drug-likeness (QED) is 0.270. The smallest absolute Gasteiger partial charge is 0.351 e. The topological polar surface area (TPSA) is 93.5 Å². The predicted octanol–water partition coefficient (Wildman–Crippen LogP) is 5.42.